The minimum Gasteiger partial charge on any atom is -0.378 e. The molecule has 4 nitrogen and oxygen atoms in total. The highest BCUT2D eigenvalue weighted by molar-refractivity contribution is 7.11. The van der Waals surface area contributed by atoms with Crippen molar-refractivity contribution >= 4 is 22.7 Å². The maximum absolute atomic E-state index is 5.44. The molecule has 112 valence electrons. The van der Waals surface area contributed by atoms with Crippen molar-refractivity contribution in [2.75, 3.05) is 36.5 Å². The van der Waals surface area contributed by atoms with Crippen molar-refractivity contribution in [1.29, 1.82) is 0 Å². The molecule has 0 unspecified atom stereocenters. The third-order valence-corrected chi connectivity index (χ3v) is 4.77. The van der Waals surface area contributed by atoms with Gasteiger partial charge in [-0.2, -0.15) is 0 Å². The van der Waals surface area contributed by atoms with Gasteiger partial charge in [0.25, 0.3) is 0 Å². The number of anilines is 2. The van der Waals surface area contributed by atoms with Crippen molar-refractivity contribution in [3.05, 3.63) is 39.8 Å². The van der Waals surface area contributed by atoms with E-state index in [1.165, 1.54) is 16.3 Å². The smallest absolute Gasteiger partial charge is 0.0900 e. The fraction of sp³-hybridized carbons (Fsp3) is 0.438. The summed E-state index contributed by atoms with van der Waals surface area (Å²) in [6, 6.07) is 8.50. The van der Waals surface area contributed by atoms with Crippen molar-refractivity contribution in [3.63, 3.8) is 0 Å². The number of nitrogens with zero attached hydrogens (tertiary/aromatic N) is 2. The topological polar surface area (TPSA) is 37.4 Å². The molecule has 21 heavy (non-hydrogen) atoms. The SMILES string of the molecule is Cc1nc(C)c(CNc2ccccc2N2CCOCC2)s1. The van der Waals surface area contributed by atoms with Gasteiger partial charge in [0.15, 0.2) is 0 Å². The largest absolute Gasteiger partial charge is 0.378 e. The summed E-state index contributed by atoms with van der Waals surface area (Å²) in [5.74, 6) is 0. The molecule has 1 fully saturated rings. The van der Waals surface area contributed by atoms with Crippen LogP contribution in [0.3, 0.4) is 0 Å². The van der Waals surface area contributed by atoms with E-state index in [2.05, 4.69) is 53.3 Å². The van der Waals surface area contributed by atoms with E-state index in [1.807, 2.05) is 0 Å². The number of hydrogen-bond acceptors (Lipinski definition) is 5. The Hall–Kier alpha value is -1.59. The Morgan fingerprint density at radius 2 is 2.00 bits per heavy atom. The lowest BCUT2D eigenvalue weighted by atomic mass is 10.2. The van der Waals surface area contributed by atoms with Crippen LogP contribution < -0.4 is 10.2 Å². The number of para-hydroxylation sites is 2. The monoisotopic (exact) mass is 303 g/mol. The number of ether oxygens (including phenoxy) is 1. The number of rotatable bonds is 4. The van der Waals surface area contributed by atoms with Gasteiger partial charge in [-0.05, 0) is 26.0 Å². The summed E-state index contributed by atoms with van der Waals surface area (Å²) in [7, 11) is 0. The van der Waals surface area contributed by atoms with E-state index >= 15 is 0 Å². The van der Waals surface area contributed by atoms with Crippen LogP contribution in [0.5, 0.6) is 0 Å². The Kier molecular flexibility index (Phi) is 4.41. The van der Waals surface area contributed by atoms with Gasteiger partial charge < -0.3 is 15.0 Å². The first kappa shape index (κ1) is 14.4. The molecule has 3 rings (SSSR count). The summed E-state index contributed by atoms with van der Waals surface area (Å²) in [4.78, 5) is 8.18. The fourth-order valence-corrected chi connectivity index (χ4v) is 3.49. The van der Waals surface area contributed by atoms with Crippen LogP contribution in [0.2, 0.25) is 0 Å². The van der Waals surface area contributed by atoms with Gasteiger partial charge in [0.1, 0.15) is 0 Å². The number of aryl methyl sites for hydroxylation is 2. The minimum absolute atomic E-state index is 0.807. The Balaban J connectivity index is 1.74. The van der Waals surface area contributed by atoms with E-state index in [0.29, 0.717) is 0 Å². The predicted molar refractivity (Wildman–Crippen MR) is 88.4 cm³/mol. The highest BCUT2D eigenvalue weighted by atomic mass is 32.1. The second kappa shape index (κ2) is 6.45. The summed E-state index contributed by atoms with van der Waals surface area (Å²) in [5.41, 5.74) is 3.58. The van der Waals surface area contributed by atoms with E-state index in [0.717, 1.165) is 43.5 Å². The molecular formula is C16H21N3OS. The van der Waals surface area contributed by atoms with Crippen molar-refractivity contribution in [3.8, 4) is 0 Å². The molecule has 1 N–H and O–H groups in total. The third kappa shape index (κ3) is 3.36. The Morgan fingerprint density at radius 1 is 1.24 bits per heavy atom. The highest BCUT2D eigenvalue weighted by Gasteiger charge is 2.14. The maximum atomic E-state index is 5.44. The van der Waals surface area contributed by atoms with Crippen LogP contribution in [0, 0.1) is 13.8 Å². The minimum atomic E-state index is 0.807. The van der Waals surface area contributed by atoms with Crippen LogP contribution in [0.15, 0.2) is 24.3 Å². The molecule has 0 spiro atoms. The first-order valence-corrected chi connectivity index (χ1v) is 8.14. The highest BCUT2D eigenvalue weighted by Crippen LogP contribution is 2.27. The van der Waals surface area contributed by atoms with Gasteiger partial charge in [0.05, 0.1) is 41.8 Å². The van der Waals surface area contributed by atoms with Gasteiger partial charge in [-0.3, -0.25) is 0 Å². The van der Waals surface area contributed by atoms with Gasteiger partial charge in [-0.15, -0.1) is 11.3 Å². The van der Waals surface area contributed by atoms with Crippen LogP contribution in [-0.2, 0) is 11.3 Å². The van der Waals surface area contributed by atoms with Gasteiger partial charge in [-0.25, -0.2) is 4.98 Å². The van der Waals surface area contributed by atoms with E-state index in [9.17, 15) is 0 Å². The second-order valence-corrected chi connectivity index (χ2v) is 6.50. The standard InChI is InChI=1S/C16H21N3OS/c1-12-16(21-13(2)18-12)11-17-14-5-3-4-6-15(14)19-7-9-20-10-8-19/h3-6,17H,7-11H2,1-2H3. The van der Waals surface area contributed by atoms with Gasteiger partial charge in [0, 0.05) is 18.0 Å². The average molecular weight is 303 g/mol. The lowest BCUT2D eigenvalue weighted by Crippen LogP contribution is -2.36. The molecule has 1 aromatic heterocycles. The zero-order valence-corrected chi connectivity index (χ0v) is 13.4. The zero-order valence-electron chi connectivity index (χ0n) is 12.6. The molecule has 0 atom stereocenters. The van der Waals surface area contributed by atoms with Gasteiger partial charge >= 0.3 is 0 Å². The molecule has 0 radical (unpaired) electrons. The van der Waals surface area contributed by atoms with Gasteiger partial charge in [-0.1, -0.05) is 12.1 Å². The molecule has 0 saturated carbocycles. The molecule has 0 bridgehead atoms. The lowest BCUT2D eigenvalue weighted by molar-refractivity contribution is 0.123. The zero-order chi connectivity index (χ0) is 14.7. The van der Waals surface area contributed by atoms with Crippen LogP contribution in [-0.4, -0.2) is 31.3 Å². The number of benzene rings is 1. The molecule has 2 heterocycles. The Morgan fingerprint density at radius 3 is 2.71 bits per heavy atom. The maximum Gasteiger partial charge on any atom is 0.0900 e. The molecule has 1 aliphatic heterocycles. The second-order valence-electron chi connectivity index (χ2n) is 5.21. The van der Waals surface area contributed by atoms with Crippen LogP contribution in [0.1, 0.15) is 15.6 Å². The van der Waals surface area contributed by atoms with E-state index in [4.69, 9.17) is 4.74 Å². The summed E-state index contributed by atoms with van der Waals surface area (Å²) < 4.78 is 5.44. The summed E-state index contributed by atoms with van der Waals surface area (Å²) in [5, 5.41) is 4.70. The van der Waals surface area contributed by atoms with Crippen molar-refractivity contribution in [2.45, 2.75) is 20.4 Å². The average Bonchev–Trinajstić information content (AvgIpc) is 2.84. The number of hydrogen-bond donors (Lipinski definition) is 1. The predicted octanol–water partition coefficient (Wildman–Crippen LogP) is 3.21. The van der Waals surface area contributed by atoms with Crippen molar-refractivity contribution in [2.24, 2.45) is 0 Å². The summed E-state index contributed by atoms with van der Waals surface area (Å²) >= 11 is 1.77. The van der Waals surface area contributed by atoms with Crippen molar-refractivity contribution < 1.29 is 4.74 Å². The van der Waals surface area contributed by atoms with Crippen LogP contribution in [0.25, 0.3) is 0 Å². The summed E-state index contributed by atoms with van der Waals surface area (Å²) in [6.45, 7) is 8.49. The molecule has 1 aliphatic rings. The number of morpholine rings is 1. The van der Waals surface area contributed by atoms with E-state index < -0.39 is 0 Å². The number of aromatic nitrogens is 1. The van der Waals surface area contributed by atoms with Gasteiger partial charge in [0.2, 0.25) is 0 Å². The fourth-order valence-electron chi connectivity index (χ4n) is 2.62. The van der Waals surface area contributed by atoms with Crippen molar-refractivity contribution in [1.82, 2.24) is 4.98 Å². The number of nitrogens with one attached hydrogen (secondary N) is 1. The first-order valence-electron chi connectivity index (χ1n) is 7.32. The molecule has 0 aliphatic carbocycles. The molecule has 1 aromatic carbocycles. The molecule has 2 aromatic rings. The van der Waals surface area contributed by atoms with Crippen LogP contribution in [0.4, 0.5) is 11.4 Å². The lowest BCUT2D eigenvalue weighted by Gasteiger charge is -2.30. The molecular weight excluding hydrogens is 282 g/mol. The molecule has 5 heteroatoms. The third-order valence-electron chi connectivity index (χ3n) is 3.69. The molecule has 0 amide bonds. The number of thiazole rings is 1. The first-order chi connectivity index (χ1) is 10.2. The summed E-state index contributed by atoms with van der Waals surface area (Å²) in [6.07, 6.45) is 0. The van der Waals surface area contributed by atoms with Crippen LogP contribution >= 0.6 is 11.3 Å². The normalized spacial score (nSPS) is 15.2. The molecule has 1 saturated heterocycles. The quantitative estimate of drug-likeness (QED) is 0.941. The van der Waals surface area contributed by atoms with E-state index in [1.54, 1.807) is 11.3 Å². The Labute approximate surface area is 129 Å². The Bertz CT molecular complexity index is 605. The van der Waals surface area contributed by atoms with E-state index in [-0.39, 0.29) is 0 Å².